The lowest BCUT2D eigenvalue weighted by Gasteiger charge is -2.25. The van der Waals surface area contributed by atoms with Crippen LogP contribution in [-0.4, -0.2) is 59.7 Å². The minimum atomic E-state index is -0.407. The Hall–Kier alpha value is -1.39. The lowest BCUT2D eigenvalue weighted by molar-refractivity contribution is 0.0286. The highest BCUT2D eigenvalue weighted by Crippen LogP contribution is 2.21. The van der Waals surface area contributed by atoms with E-state index in [1.165, 1.54) is 0 Å². The van der Waals surface area contributed by atoms with Crippen LogP contribution in [0.1, 0.15) is 27.2 Å². The summed E-state index contributed by atoms with van der Waals surface area (Å²) in [6, 6.07) is 0. The van der Waals surface area contributed by atoms with Crippen LogP contribution in [0, 0.1) is 5.92 Å². The number of rotatable bonds is 2. The molecule has 2 aliphatic heterocycles. The summed E-state index contributed by atoms with van der Waals surface area (Å²) in [7, 11) is 2.07. The number of amides is 1. The van der Waals surface area contributed by atoms with E-state index < -0.39 is 5.60 Å². The zero-order valence-corrected chi connectivity index (χ0v) is 12.4. The van der Waals surface area contributed by atoms with Gasteiger partial charge in [0.05, 0.1) is 6.67 Å². The lowest BCUT2D eigenvalue weighted by atomic mass is 10.1. The van der Waals surface area contributed by atoms with Crippen LogP contribution >= 0.6 is 0 Å². The van der Waals surface area contributed by atoms with Crippen molar-refractivity contribution < 1.29 is 9.53 Å². The second kappa shape index (κ2) is 5.31. The molecule has 1 atom stereocenters. The normalized spacial score (nSPS) is 23.4. The summed E-state index contributed by atoms with van der Waals surface area (Å²) in [6.07, 6.45) is 5.09. The van der Waals surface area contributed by atoms with Crippen molar-refractivity contribution in [2.45, 2.75) is 32.8 Å². The van der Waals surface area contributed by atoms with Gasteiger partial charge in [0.15, 0.2) is 0 Å². The molecule has 108 valence electrons. The topological polar surface area (TPSA) is 36.0 Å². The molecule has 1 saturated heterocycles. The molecule has 0 aliphatic carbocycles. The van der Waals surface area contributed by atoms with Gasteiger partial charge in [0, 0.05) is 39.1 Å². The Balaban J connectivity index is 1.77. The van der Waals surface area contributed by atoms with Gasteiger partial charge in [0.25, 0.3) is 0 Å². The summed E-state index contributed by atoms with van der Waals surface area (Å²) >= 11 is 0. The Morgan fingerprint density at radius 2 is 2.11 bits per heavy atom. The largest absolute Gasteiger partial charge is 0.444 e. The van der Waals surface area contributed by atoms with Gasteiger partial charge in [-0.25, -0.2) is 4.79 Å². The van der Waals surface area contributed by atoms with E-state index in [0.29, 0.717) is 5.92 Å². The van der Waals surface area contributed by atoms with Crippen LogP contribution in [0.5, 0.6) is 0 Å². The summed E-state index contributed by atoms with van der Waals surface area (Å²) in [5, 5.41) is 0. The highest BCUT2D eigenvalue weighted by molar-refractivity contribution is 5.68. The Bertz CT molecular complexity index is 362. The molecule has 1 fully saturated rings. The SMILES string of the molecule is CN1C=CN(C[C@@H]2CCN(C(=O)OC(C)(C)C)C2)C1. The second-order valence-corrected chi connectivity index (χ2v) is 6.55. The average molecular weight is 267 g/mol. The molecule has 0 radical (unpaired) electrons. The molecule has 0 N–H and O–H groups in total. The third-order valence-corrected chi connectivity index (χ3v) is 3.37. The van der Waals surface area contributed by atoms with E-state index in [2.05, 4.69) is 29.2 Å². The minimum absolute atomic E-state index is 0.177. The van der Waals surface area contributed by atoms with Gasteiger partial charge in [-0.3, -0.25) is 0 Å². The van der Waals surface area contributed by atoms with Crippen LogP contribution in [0.4, 0.5) is 4.79 Å². The smallest absolute Gasteiger partial charge is 0.410 e. The molecule has 0 unspecified atom stereocenters. The molecule has 0 spiro atoms. The van der Waals surface area contributed by atoms with E-state index in [1.54, 1.807) is 0 Å². The Morgan fingerprint density at radius 3 is 2.68 bits per heavy atom. The van der Waals surface area contributed by atoms with Crippen molar-refractivity contribution in [3.05, 3.63) is 12.4 Å². The zero-order valence-electron chi connectivity index (χ0n) is 12.4. The maximum Gasteiger partial charge on any atom is 0.410 e. The molecular formula is C14H25N3O2. The van der Waals surface area contributed by atoms with Gasteiger partial charge in [-0.05, 0) is 33.1 Å². The molecule has 5 nitrogen and oxygen atoms in total. The summed E-state index contributed by atoms with van der Waals surface area (Å²) in [5.74, 6) is 0.545. The summed E-state index contributed by atoms with van der Waals surface area (Å²) < 4.78 is 5.41. The van der Waals surface area contributed by atoms with Crippen LogP contribution in [-0.2, 0) is 4.74 Å². The maximum atomic E-state index is 12.0. The van der Waals surface area contributed by atoms with Crippen LogP contribution in [0.3, 0.4) is 0 Å². The van der Waals surface area contributed by atoms with Crippen molar-refractivity contribution in [1.82, 2.24) is 14.7 Å². The number of carbonyl (C=O) groups is 1. The van der Waals surface area contributed by atoms with Crippen LogP contribution in [0.2, 0.25) is 0 Å². The predicted octanol–water partition coefficient (Wildman–Crippen LogP) is 1.92. The standard InChI is InChI=1S/C14H25N3O2/c1-14(2,3)19-13(18)17-6-5-12(10-17)9-16-8-7-15(4)11-16/h7-8,12H,5-6,9-11H2,1-4H3/t12-/m0/s1. The van der Waals surface area contributed by atoms with Crippen molar-refractivity contribution in [1.29, 1.82) is 0 Å². The van der Waals surface area contributed by atoms with Gasteiger partial charge < -0.3 is 19.4 Å². The zero-order chi connectivity index (χ0) is 14.0. The van der Waals surface area contributed by atoms with E-state index >= 15 is 0 Å². The van der Waals surface area contributed by atoms with Crippen molar-refractivity contribution in [3.8, 4) is 0 Å². The van der Waals surface area contributed by atoms with Crippen molar-refractivity contribution in [3.63, 3.8) is 0 Å². The predicted molar refractivity (Wildman–Crippen MR) is 74.4 cm³/mol. The number of hydrogen-bond donors (Lipinski definition) is 0. The minimum Gasteiger partial charge on any atom is -0.444 e. The molecular weight excluding hydrogens is 242 g/mol. The van der Waals surface area contributed by atoms with Crippen molar-refractivity contribution in [2.75, 3.05) is 33.4 Å². The molecule has 1 amide bonds. The van der Waals surface area contributed by atoms with Crippen molar-refractivity contribution >= 4 is 6.09 Å². The molecule has 2 rings (SSSR count). The third-order valence-electron chi connectivity index (χ3n) is 3.37. The Morgan fingerprint density at radius 1 is 1.37 bits per heavy atom. The molecule has 2 aliphatic rings. The fourth-order valence-corrected chi connectivity index (χ4v) is 2.51. The summed E-state index contributed by atoms with van der Waals surface area (Å²) in [5.41, 5.74) is -0.407. The molecule has 0 aromatic rings. The molecule has 2 heterocycles. The first-order chi connectivity index (χ1) is 8.83. The van der Waals surface area contributed by atoms with E-state index in [9.17, 15) is 4.79 Å². The molecule has 5 heteroatoms. The molecule has 0 aromatic heterocycles. The summed E-state index contributed by atoms with van der Waals surface area (Å²) in [4.78, 5) is 18.2. The molecule has 19 heavy (non-hydrogen) atoms. The van der Waals surface area contributed by atoms with Gasteiger partial charge >= 0.3 is 6.09 Å². The van der Waals surface area contributed by atoms with Crippen LogP contribution in [0.15, 0.2) is 12.4 Å². The second-order valence-electron chi connectivity index (χ2n) is 6.55. The highest BCUT2D eigenvalue weighted by Gasteiger charge is 2.30. The molecule has 0 aromatic carbocycles. The van der Waals surface area contributed by atoms with Crippen LogP contribution < -0.4 is 0 Å². The number of carbonyl (C=O) groups excluding carboxylic acids is 1. The van der Waals surface area contributed by atoms with Gasteiger partial charge in [0.2, 0.25) is 0 Å². The number of nitrogens with zero attached hydrogens (tertiary/aromatic N) is 3. The highest BCUT2D eigenvalue weighted by atomic mass is 16.6. The fraction of sp³-hybridized carbons (Fsp3) is 0.786. The molecule has 0 bridgehead atoms. The van der Waals surface area contributed by atoms with E-state index in [-0.39, 0.29) is 6.09 Å². The third kappa shape index (κ3) is 4.04. The number of ether oxygens (including phenoxy) is 1. The molecule has 0 saturated carbocycles. The summed E-state index contributed by atoms with van der Waals surface area (Å²) in [6.45, 7) is 9.30. The van der Waals surface area contributed by atoms with E-state index in [1.807, 2.05) is 25.7 Å². The Kier molecular flexibility index (Phi) is 3.92. The van der Waals surface area contributed by atoms with Crippen LogP contribution in [0.25, 0.3) is 0 Å². The first-order valence-corrected chi connectivity index (χ1v) is 6.94. The van der Waals surface area contributed by atoms with E-state index in [0.717, 1.165) is 32.7 Å². The monoisotopic (exact) mass is 267 g/mol. The number of likely N-dealkylation sites (tertiary alicyclic amines) is 1. The Labute approximate surface area is 115 Å². The van der Waals surface area contributed by atoms with Gasteiger partial charge in [-0.1, -0.05) is 0 Å². The van der Waals surface area contributed by atoms with Gasteiger partial charge in [-0.15, -0.1) is 0 Å². The van der Waals surface area contributed by atoms with E-state index in [4.69, 9.17) is 4.74 Å². The van der Waals surface area contributed by atoms with Crippen molar-refractivity contribution in [2.24, 2.45) is 5.92 Å². The maximum absolute atomic E-state index is 12.0. The quantitative estimate of drug-likeness (QED) is 0.766. The lowest BCUT2D eigenvalue weighted by Crippen LogP contribution is -2.36. The average Bonchev–Trinajstić information content (AvgIpc) is 2.86. The van der Waals surface area contributed by atoms with Gasteiger partial charge in [-0.2, -0.15) is 0 Å². The van der Waals surface area contributed by atoms with Gasteiger partial charge in [0.1, 0.15) is 5.60 Å². The first-order valence-electron chi connectivity index (χ1n) is 6.94. The number of hydrogen-bond acceptors (Lipinski definition) is 4. The fourth-order valence-electron chi connectivity index (χ4n) is 2.51. The first kappa shape index (κ1) is 14.0.